The van der Waals surface area contributed by atoms with Gasteiger partial charge in [-0.3, -0.25) is 0 Å². The third-order valence-electron chi connectivity index (χ3n) is 3.19. The van der Waals surface area contributed by atoms with Gasteiger partial charge in [0, 0.05) is 11.1 Å². The van der Waals surface area contributed by atoms with Crippen molar-refractivity contribution in [3.05, 3.63) is 40.4 Å². The number of halogens is 1. The average molecular weight is 279 g/mol. The molecule has 1 atom stereocenters. The maximum atomic E-state index is 6.32. The summed E-state index contributed by atoms with van der Waals surface area (Å²) >= 11 is 6.32. The van der Waals surface area contributed by atoms with Gasteiger partial charge in [-0.05, 0) is 44.4 Å². The van der Waals surface area contributed by atoms with Crippen LogP contribution >= 0.6 is 11.6 Å². The van der Waals surface area contributed by atoms with Gasteiger partial charge in [-0.15, -0.1) is 0 Å². The average Bonchev–Trinajstić information content (AvgIpc) is 2.70. The van der Waals surface area contributed by atoms with Gasteiger partial charge in [0.05, 0.1) is 5.69 Å². The van der Waals surface area contributed by atoms with Crippen LogP contribution < -0.4 is 5.73 Å². The van der Waals surface area contributed by atoms with Crippen molar-refractivity contribution in [2.45, 2.75) is 39.7 Å². The number of nitrogens with two attached hydrogens (primary N) is 1. The number of rotatable bonds is 4. The Morgan fingerprint density at radius 2 is 2.11 bits per heavy atom. The predicted octanol–water partition coefficient (Wildman–Crippen LogP) is 2.82. The zero-order chi connectivity index (χ0) is 14.0. The van der Waals surface area contributed by atoms with Gasteiger partial charge in [-0.2, -0.15) is 5.10 Å². The summed E-state index contributed by atoms with van der Waals surface area (Å²) in [6, 6.07) is 5.92. The van der Waals surface area contributed by atoms with Gasteiger partial charge in [0.2, 0.25) is 0 Å². The predicted molar refractivity (Wildman–Crippen MR) is 77.8 cm³/mol. The molecule has 0 aliphatic rings. The molecule has 1 heterocycles. The van der Waals surface area contributed by atoms with Crippen LogP contribution in [0.15, 0.2) is 18.2 Å². The van der Waals surface area contributed by atoms with E-state index >= 15 is 0 Å². The number of hydrogen-bond donors (Lipinski definition) is 1. The quantitative estimate of drug-likeness (QED) is 0.936. The van der Waals surface area contributed by atoms with Gasteiger partial charge < -0.3 is 5.73 Å². The number of aromatic nitrogens is 3. The van der Waals surface area contributed by atoms with Crippen LogP contribution in [0.4, 0.5) is 0 Å². The summed E-state index contributed by atoms with van der Waals surface area (Å²) < 4.78 is 1.83. The lowest BCUT2D eigenvalue weighted by atomic mass is 10.0. The van der Waals surface area contributed by atoms with Crippen molar-refractivity contribution < 1.29 is 0 Å². The maximum absolute atomic E-state index is 6.32. The summed E-state index contributed by atoms with van der Waals surface area (Å²) in [7, 11) is 0. The number of aryl methyl sites for hydroxylation is 2. The fraction of sp³-hybridized carbons (Fsp3) is 0.429. The molecule has 2 N–H and O–H groups in total. The molecule has 2 rings (SSSR count). The molecule has 4 nitrogen and oxygen atoms in total. The van der Waals surface area contributed by atoms with Gasteiger partial charge in [0.15, 0.2) is 0 Å². The summed E-state index contributed by atoms with van der Waals surface area (Å²) in [5.41, 5.74) is 8.06. The van der Waals surface area contributed by atoms with Crippen molar-refractivity contribution >= 4 is 11.6 Å². The lowest BCUT2D eigenvalue weighted by molar-refractivity contribution is 0.641. The Bertz CT molecular complexity index is 577. The molecule has 0 spiro atoms. The summed E-state index contributed by atoms with van der Waals surface area (Å²) in [6.07, 6.45) is 1.66. The van der Waals surface area contributed by atoms with E-state index in [1.165, 1.54) is 0 Å². The van der Waals surface area contributed by atoms with E-state index in [1.54, 1.807) is 0 Å². The molecule has 5 heteroatoms. The molecular weight excluding hydrogens is 260 g/mol. The van der Waals surface area contributed by atoms with E-state index < -0.39 is 0 Å². The van der Waals surface area contributed by atoms with E-state index in [1.807, 2.05) is 36.7 Å². The van der Waals surface area contributed by atoms with Crippen molar-refractivity contribution in [3.63, 3.8) is 0 Å². The summed E-state index contributed by atoms with van der Waals surface area (Å²) in [5.74, 6) is 1.61. The molecule has 1 aromatic carbocycles. The summed E-state index contributed by atoms with van der Waals surface area (Å²) in [6.45, 7) is 5.89. The maximum Gasteiger partial charge on any atom is 0.148 e. The first kappa shape index (κ1) is 14.0. The standard InChI is InChI=1S/C14H19ClN4/c1-4-11(16)8-12-13(15)6-5-7-14(12)19-10(3)17-9(2)18-19/h5-7,11H,4,8,16H2,1-3H3. The molecule has 1 unspecified atom stereocenters. The van der Waals surface area contributed by atoms with Crippen molar-refractivity contribution in [3.8, 4) is 5.69 Å². The van der Waals surface area contributed by atoms with E-state index in [9.17, 15) is 0 Å². The Balaban J connectivity index is 2.51. The van der Waals surface area contributed by atoms with Gasteiger partial charge in [-0.25, -0.2) is 9.67 Å². The molecule has 0 radical (unpaired) electrons. The van der Waals surface area contributed by atoms with Crippen LogP contribution in [0, 0.1) is 13.8 Å². The molecule has 2 aromatic rings. The zero-order valence-electron chi connectivity index (χ0n) is 11.5. The molecule has 19 heavy (non-hydrogen) atoms. The third-order valence-corrected chi connectivity index (χ3v) is 3.54. The van der Waals surface area contributed by atoms with E-state index in [0.29, 0.717) is 0 Å². The normalized spacial score (nSPS) is 12.7. The van der Waals surface area contributed by atoms with E-state index in [0.717, 1.165) is 40.8 Å². The largest absolute Gasteiger partial charge is 0.327 e. The summed E-state index contributed by atoms with van der Waals surface area (Å²) in [4.78, 5) is 4.34. The van der Waals surface area contributed by atoms with Crippen LogP contribution in [-0.2, 0) is 6.42 Å². The minimum absolute atomic E-state index is 0.101. The molecule has 0 aliphatic carbocycles. The van der Waals surface area contributed by atoms with Gasteiger partial charge >= 0.3 is 0 Å². The van der Waals surface area contributed by atoms with Crippen molar-refractivity contribution in [1.82, 2.24) is 14.8 Å². The van der Waals surface area contributed by atoms with Crippen LogP contribution in [0.2, 0.25) is 5.02 Å². The van der Waals surface area contributed by atoms with Crippen LogP contribution in [0.25, 0.3) is 5.69 Å². The molecule has 1 aromatic heterocycles. The molecule has 0 amide bonds. The molecule has 102 valence electrons. The van der Waals surface area contributed by atoms with E-state index in [-0.39, 0.29) is 6.04 Å². The Labute approximate surface area is 118 Å². The topological polar surface area (TPSA) is 56.7 Å². The van der Waals surface area contributed by atoms with Crippen molar-refractivity contribution in [2.75, 3.05) is 0 Å². The van der Waals surface area contributed by atoms with Crippen molar-refractivity contribution in [2.24, 2.45) is 5.73 Å². The minimum Gasteiger partial charge on any atom is -0.327 e. The molecule has 0 saturated heterocycles. The number of benzene rings is 1. The lowest BCUT2D eigenvalue weighted by Gasteiger charge is -2.15. The van der Waals surface area contributed by atoms with Gasteiger partial charge in [-0.1, -0.05) is 24.6 Å². The molecule has 0 fully saturated rings. The highest BCUT2D eigenvalue weighted by molar-refractivity contribution is 6.31. The number of nitrogens with zero attached hydrogens (tertiary/aromatic N) is 3. The zero-order valence-corrected chi connectivity index (χ0v) is 12.3. The fourth-order valence-corrected chi connectivity index (χ4v) is 2.35. The third kappa shape index (κ3) is 2.96. The van der Waals surface area contributed by atoms with Crippen LogP contribution in [0.3, 0.4) is 0 Å². The second-order valence-corrected chi connectivity index (χ2v) is 5.14. The second kappa shape index (κ2) is 5.72. The van der Waals surface area contributed by atoms with Crippen LogP contribution in [0.1, 0.15) is 30.6 Å². The van der Waals surface area contributed by atoms with E-state index in [4.69, 9.17) is 17.3 Å². The Kier molecular flexibility index (Phi) is 4.22. The smallest absolute Gasteiger partial charge is 0.148 e. The van der Waals surface area contributed by atoms with Gasteiger partial charge in [0.1, 0.15) is 11.6 Å². The lowest BCUT2D eigenvalue weighted by Crippen LogP contribution is -2.22. The summed E-state index contributed by atoms with van der Waals surface area (Å²) in [5, 5.41) is 5.15. The van der Waals surface area contributed by atoms with Crippen LogP contribution in [0.5, 0.6) is 0 Å². The fourth-order valence-electron chi connectivity index (χ4n) is 2.10. The second-order valence-electron chi connectivity index (χ2n) is 4.73. The minimum atomic E-state index is 0.101. The first-order valence-corrected chi connectivity index (χ1v) is 6.84. The SMILES string of the molecule is CCC(N)Cc1c(Cl)cccc1-n1nc(C)nc1C. The highest BCUT2D eigenvalue weighted by atomic mass is 35.5. The highest BCUT2D eigenvalue weighted by Gasteiger charge is 2.14. The molecule has 0 bridgehead atoms. The first-order valence-electron chi connectivity index (χ1n) is 6.46. The van der Waals surface area contributed by atoms with Crippen molar-refractivity contribution in [1.29, 1.82) is 0 Å². The Hall–Kier alpha value is -1.39. The molecule has 0 saturated carbocycles. The Morgan fingerprint density at radius 3 is 2.68 bits per heavy atom. The highest BCUT2D eigenvalue weighted by Crippen LogP contribution is 2.25. The van der Waals surface area contributed by atoms with Gasteiger partial charge in [0.25, 0.3) is 0 Å². The Morgan fingerprint density at radius 1 is 1.37 bits per heavy atom. The number of hydrogen-bond acceptors (Lipinski definition) is 3. The van der Waals surface area contributed by atoms with E-state index in [2.05, 4.69) is 17.0 Å². The first-order chi connectivity index (χ1) is 9.02. The van der Waals surface area contributed by atoms with Crippen LogP contribution in [-0.4, -0.2) is 20.8 Å². The monoisotopic (exact) mass is 278 g/mol. The molecule has 0 aliphatic heterocycles. The molecular formula is C14H19ClN4.